The number of thioether (sulfide) groups is 1. The third-order valence-corrected chi connectivity index (χ3v) is 6.08. The molecule has 0 aliphatic heterocycles. The van der Waals surface area contributed by atoms with Gasteiger partial charge in [0.15, 0.2) is 0 Å². The summed E-state index contributed by atoms with van der Waals surface area (Å²) >= 11 is 2.62. The molecule has 2 heterocycles. The van der Waals surface area contributed by atoms with E-state index in [2.05, 4.69) is 27.4 Å². The van der Waals surface area contributed by atoms with Gasteiger partial charge in [0, 0.05) is 16.9 Å². The molecular formula is C21H24N4O3S2. The number of amides is 1. The molecule has 7 nitrogen and oxygen atoms in total. The fourth-order valence-electron chi connectivity index (χ4n) is 2.97. The number of aromatic amines is 1. The summed E-state index contributed by atoms with van der Waals surface area (Å²) in [5, 5.41) is 10.9. The van der Waals surface area contributed by atoms with E-state index in [4.69, 9.17) is 4.74 Å². The predicted octanol–water partition coefficient (Wildman–Crippen LogP) is 4.70. The molecule has 1 amide bonds. The van der Waals surface area contributed by atoms with Crippen LogP contribution in [0.1, 0.15) is 41.3 Å². The number of anilines is 1. The zero-order valence-corrected chi connectivity index (χ0v) is 18.8. The molecule has 1 aromatic carbocycles. The maximum atomic E-state index is 12.7. The number of H-pyrrole nitrogens is 1. The van der Waals surface area contributed by atoms with Crippen molar-refractivity contribution in [3.05, 3.63) is 46.6 Å². The third kappa shape index (κ3) is 5.28. The molecule has 0 aliphatic carbocycles. The van der Waals surface area contributed by atoms with E-state index in [9.17, 15) is 9.59 Å². The van der Waals surface area contributed by atoms with Crippen LogP contribution >= 0.6 is 23.1 Å². The van der Waals surface area contributed by atoms with Crippen molar-refractivity contribution in [3.63, 3.8) is 0 Å². The molecule has 0 aliphatic rings. The highest BCUT2D eigenvalue weighted by Gasteiger charge is 2.25. The molecule has 3 rings (SSSR count). The molecule has 0 fully saturated rings. The number of hydrogen-bond acceptors (Lipinski definition) is 7. The Morgan fingerprint density at radius 2 is 2.00 bits per heavy atom. The molecule has 30 heavy (non-hydrogen) atoms. The van der Waals surface area contributed by atoms with Gasteiger partial charge in [-0.3, -0.25) is 9.89 Å². The van der Waals surface area contributed by atoms with Gasteiger partial charge in [0.1, 0.15) is 16.4 Å². The van der Waals surface area contributed by atoms with Crippen LogP contribution in [0.3, 0.4) is 0 Å². The summed E-state index contributed by atoms with van der Waals surface area (Å²) in [5.74, 6) is 0.282. The van der Waals surface area contributed by atoms with Gasteiger partial charge in [0.25, 0.3) is 0 Å². The first kappa shape index (κ1) is 22.0. The second-order valence-corrected chi connectivity index (χ2v) is 8.64. The van der Waals surface area contributed by atoms with Gasteiger partial charge in [-0.25, -0.2) is 9.78 Å². The minimum Gasteiger partial charge on any atom is -0.462 e. The molecule has 0 bridgehead atoms. The SMILES string of the molecule is CCCc1nc(SCC(=O)Nc2sc(C)c(-c3ccccc3)c2C(=O)OCC)n[nH]1. The molecule has 0 saturated carbocycles. The van der Waals surface area contributed by atoms with Gasteiger partial charge in [0.05, 0.1) is 12.4 Å². The van der Waals surface area contributed by atoms with E-state index >= 15 is 0 Å². The van der Waals surface area contributed by atoms with E-state index in [0.717, 1.165) is 34.7 Å². The zero-order valence-electron chi connectivity index (χ0n) is 17.2. The summed E-state index contributed by atoms with van der Waals surface area (Å²) in [6, 6.07) is 9.64. The molecule has 2 N–H and O–H groups in total. The van der Waals surface area contributed by atoms with Gasteiger partial charge < -0.3 is 10.1 Å². The maximum absolute atomic E-state index is 12.7. The Morgan fingerprint density at radius 1 is 1.23 bits per heavy atom. The van der Waals surface area contributed by atoms with Crippen LogP contribution < -0.4 is 5.32 Å². The molecule has 158 valence electrons. The van der Waals surface area contributed by atoms with E-state index in [1.807, 2.05) is 37.3 Å². The predicted molar refractivity (Wildman–Crippen MR) is 120 cm³/mol. The quantitative estimate of drug-likeness (QED) is 0.367. The summed E-state index contributed by atoms with van der Waals surface area (Å²) in [4.78, 5) is 30.6. The molecule has 0 radical (unpaired) electrons. The maximum Gasteiger partial charge on any atom is 0.341 e. The number of aryl methyl sites for hydroxylation is 2. The van der Waals surface area contributed by atoms with Crippen molar-refractivity contribution in [1.29, 1.82) is 0 Å². The highest BCUT2D eigenvalue weighted by atomic mass is 32.2. The molecule has 0 unspecified atom stereocenters. The smallest absolute Gasteiger partial charge is 0.341 e. The van der Waals surface area contributed by atoms with Crippen LogP contribution in [0.5, 0.6) is 0 Å². The van der Waals surface area contributed by atoms with Crippen LogP contribution in [-0.2, 0) is 16.0 Å². The van der Waals surface area contributed by atoms with Gasteiger partial charge in [-0.15, -0.1) is 16.4 Å². The minimum atomic E-state index is -0.443. The normalized spacial score (nSPS) is 10.8. The molecule has 0 saturated heterocycles. The van der Waals surface area contributed by atoms with Crippen LogP contribution in [0.15, 0.2) is 35.5 Å². The Bertz CT molecular complexity index is 1010. The second kappa shape index (κ2) is 10.4. The summed E-state index contributed by atoms with van der Waals surface area (Å²) in [5.41, 5.74) is 2.10. The molecule has 2 aromatic heterocycles. The van der Waals surface area contributed by atoms with Crippen molar-refractivity contribution in [2.75, 3.05) is 17.7 Å². The van der Waals surface area contributed by atoms with Crippen molar-refractivity contribution in [2.45, 2.75) is 38.8 Å². The summed E-state index contributed by atoms with van der Waals surface area (Å²) < 4.78 is 5.27. The van der Waals surface area contributed by atoms with Crippen LogP contribution in [0.25, 0.3) is 11.1 Å². The highest BCUT2D eigenvalue weighted by molar-refractivity contribution is 7.99. The average Bonchev–Trinajstić information content (AvgIpc) is 3.31. The number of esters is 1. The van der Waals surface area contributed by atoms with Gasteiger partial charge in [-0.2, -0.15) is 0 Å². The number of nitrogens with one attached hydrogen (secondary N) is 2. The lowest BCUT2D eigenvalue weighted by atomic mass is 10.0. The van der Waals surface area contributed by atoms with E-state index in [-0.39, 0.29) is 18.3 Å². The van der Waals surface area contributed by atoms with Gasteiger partial charge in [-0.1, -0.05) is 49.0 Å². The third-order valence-electron chi connectivity index (χ3n) is 4.21. The number of hydrogen-bond donors (Lipinski definition) is 2. The molecule has 0 atom stereocenters. The lowest BCUT2D eigenvalue weighted by Crippen LogP contribution is -2.16. The Morgan fingerprint density at radius 3 is 2.70 bits per heavy atom. The van der Waals surface area contributed by atoms with Gasteiger partial charge in [-0.05, 0) is 25.8 Å². The number of benzene rings is 1. The number of nitrogens with zero attached hydrogens (tertiary/aromatic N) is 2. The van der Waals surface area contributed by atoms with Crippen molar-refractivity contribution in [2.24, 2.45) is 0 Å². The van der Waals surface area contributed by atoms with Crippen molar-refractivity contribution in [3.8, 4) is 11.1 Å². The Hall–Kier alpha value is -2.65. The number of carbonyl (C=O) groups is 2. The molecule has 0 spiro atoms. The van der Waals surface area contributed by atoms with Crippen molar-refractivity contribution >= 4 is 40.0 Å². The highest BCUT2D eigenvalue weighted by Crippen LogP contribution is 2.40. The standard InChI is InChI=1S/C21H24N4O3S2/c1-4-9-15-22-21(25-24-15)29-12-16(26)23-19-18(20(27)28-5-2)17(13(3)30-19)14-10-7-6-8-11-14/h6-8,10-11H,4-5,9,12H2,1-3H3,(H,23,26)(H,22,24,25). The summed E-state index contributed by atoms with van der Waals surface area (Å²) in [6.45, 7) is 6.02. The number of thiophene rings is 1. The van der Waals surface area contributed by atoms with E-state index in [0.29, 0.717) is 15.7 Å². The van der Waals surface area contributed by atoms with Crippen LogP contribution in [0, 0.1) is 6.92 Å². The Kier molecular flexibility index (Phi) is 7.64. The Labute approximate surface area is 183 Å². The van der Waals surface area contributed by atoms with Gasteiger partial charge >= 0.3 is 5.97 Å². The zero-order chi connectivity index (χ0) is 21.5. The van der Waals surface area contributed by atoms with Crippen LogP contribution in [-0.4, -0.2) is 39.4 Å². The van der Waals surface area contributed by atoms with Crippen molar-refractivity contribution < 1.29 is 14.3 Å². The first-order chi connectivity index (χ1) is 14.5. The first-order valence-corrected chi connectivity index (χ1v) is 11.5. The fourth-order valence-corrected chi connectivity index (χ4v) is 4.66. The molecule has 3 aromatic rings. The van der Waals surface area contributed by atoms with E-state index in [1.54, 1.807) is 6.92 Å². The number of ether oxygens (including phenoxy) is 1. The van der Waals surface area contributed by atoms with Gasteiger partial charge in [0.2, 0.25) is 11.1 Å². The largest absolute Gasteiger partial charge is 0.462 e. The number of rotatable bonds is 9. The second-order valence-electron chi connectivity index (χ2n) is 6.48. The van der Waals surface area contributed by atoms with E-state index in [1.165, 1.54) is 23.1 Å². The Balaban J connectivity index is 1.79. The van der Waals surface area contributed by atoms with Crippen LogP contribution in [0.4, 0.5) is 5.00 Å². The number of aromatic nitrogens is 3. The number of carbonyl (C=O) groups excluding carboxylic acids is 2. The average molecular weight is 445 g/mol. The monoisotopic (exact) mass is 444 g/mol. The lowest BCUT2D eigenvalue weighted by molar-refractivity contribution is -0.113. The lowest BCUT2D eigenvalue weighted by Gasteiger charge is -2.09. The van der Waals surface area contributed by atoms with E-state index < -0.39 is 5.97 Å². The summed E-state index contributed by atoms with van der Waals surface area (Å²) in [6.07, 6.45) is 1.79. The molecular weight excluding hydrogens is 420 g/mol. The minimum absolute atomic E-state index is 0.142. The molecule has 9 heteroatoms. The summed E-state index contributed by atoms with van der Waals surface area (Å²) in [7, 11) is 0. The topological polar surface area (TPSA) is 97.0 Å². The van der Waals surface area contributed by atoms with Crippen molar-refractivity contribution in [1.82, 2.24) is 15.2 Å². The van der Waals surface area contributed by atoms with Crippen LogP contribution in [0.2, 0.25) is 0 Å². The first-order valence-electron chi connectivity index (χ1n) is 9.73. The fraction of sp³-hybridized carbons (Fsp3) is 0.333.